The molecule has 10 heteroatoms. The number of carbonyl (C=O) groups excluding carboxylic acids is 2. The predicted molar refractivity (Wildman–Crippen MR) is 116 cm³/mol. The van der Waals surface area contributed by atoms with Crippen molar-refractivity contribution in [3.63, 3.8) is 0 Å². The molecule has 0 spiro atoms. The van der Waals surface area contributed by atoms with Gasteiger partial charge in [-0.25, -0.2) is 17.2 Å². The Morgan fingerprint density at radius 3 is 2.22 bits per heavy atom. The summed E-state index contributed by atoms with van der Waals surface area (Å²) in [5.41, 5.74) is 0.418. The molecule has 2 fully saturated rings. The molecule has 0 bridgehead atoms. The fourth-order valence-electron chi connectivity index (χ4n) is 4.29. The number of rotatable bonds is 6. The Morgan fingerprint density at radius 2 is 1.66 bits per heavy atom. The summed E-state index contributed by atoms with van der Waals surface area (Å²) >= 11 is 0. The molecule has 0 unspecified atom stereocenters. The highest BCUT2D eigenvalue weighted by atomic mass is 32.2. The van der Waals surface area contributed by atoms with Crippen molar-refractivity contribution in [2.45, 2.75) is 50.3 Å². The number of benzene rings is 1. The summed E-state index contributed by atoms with van der Waals surface area (Å²) in [4.78, 5) is 28.4. The fourth-order valence-corrected chi connectivity index (χ4v) is 5.81. The minimum absolute atomic E-state index is 0.00287. The molecule has 2 aliphatic rings. The van der Waals surface area contributed by atoms with Crippen molar-refractivity contribution in [2.24, 2.45) is 5.92 Å². The van der Waals surface area contributed by atoms with E-state index in [-0.39, 0.29) is 49.2 Å². The van der Waals surface area contributed by atoms with Gasteiger partial charge in [-0.3, -0.25) is 9.59 Å². The second kappa shape index (κ2) is 9.82. The van der Waals surface area contributed by atoms with Crippen molar-refractivity contribution >= 4 is 21.8 Å². The number of hydrogen-bond donors (Lipinski definition) is 0. The number of carbonyl (C=O) groups is 2. The molecule has 1 aromatic carbocycles. The van der Waals surface area contributed by atoms with E-state index in [1.807, 2.05) is 13.8 Å². The zero-order valence-electron chi connectivity index (χ0n) is 18.6. The molecule has 178 valence electrons. The van der Waals surface area contributed by atoms with Crippen LogP contribution in [0.2, 0.25) is 0 Å². The number of amides is 2. The Bertz CT molecular complexity index is 923. The van der Waals surface area contributed by atoms with Crippen molar-refractivity contribution in [3.8, 4) is 0 Å². The number of alkyl halides is 2. The third-order valence-electron chi connectivity index (χ3n) is 6.33. The first-order chi connectivity index (χ1) is 15.1. The number of likely N-dealkylation sites (tertiary alicyclic amines) is 1. The smallest absolute Gasteiger partial charge is 0.253 e. The normalized spacial score (nSPS) is 21.9. The van der Waals surface area contributed by atoms with Gasteiger partial charge in [-0.1, -0.05) is 0 Å². The highest BCUT2D eigenvalue weighted by molar-refractivity contribution is 7.89. The van der Waals surface area contributed by atoms with Gasteiger partial charge in [0.05, 0.1) is 10.8 Å². The molecule has 2 aliphatic heterocycles. The van der Waals surface area contributed by atoms with Crippen LogP contribution >= 0.6 is 0 Å². The molecule has 0 saturated carbocycles. The van der Waals surface area contributed by atoms with Crippen LogP contribution in [0.25, 0.3) is 0 Å². The van der Waals surface area contributed by atoms with Gasteiger partial charge in [0.15, 0.2) is 0 Å². The fraction of sp³-hybridized carbons (Fsp3) is 0.636. The van der Waals surface area contributed by atoms with Crippen molar-refractivity contribution in [1.82, 2.24) is 14.1 Å². The largest absolute Gasteiger partial charge is 0.342 e. The molecule has 1 atom stereocenters. The lowest BCUT2D eigenvalue weighted by Crippen LogP contribution is -2.49. The second-order valence-electron chi connectivity index (χ2n) is 8.39. The van der Waals surface area contributed by atoms with Crippen LogP contribution < -0.4 is 0 Å². The van der Waals surface area contributed by atoms with Gasteiger partial charge in [-0.05, 0) is 51.0 Å². The topological polar surface area (TPSA) is 78.0 Å². The maximum atomic E-state index is 13.4. The molecule has 2 heterocycles. The number of halogens is 2. The van der Waals surface area contributed by atoms with Crippen LogP contribution in [-0.2, 0) is 14.8 Å². The van der Waals surface area contributed by atoms with E-state index >= 15 is 0 Å². The van der Waals surface area contributed by atoms with Crippen molar-refractivity contribution < 1.29 is 26.8 Å². The van der Waals surface area contributed by atoms with Crippen LogP contribution in [0.15, 0.2) is 29.2 Å². The SMILES string of the molecule is CCN(CC)C(=O)c1ccc(S(=O)(=O)N2CCC[C@@H](C(=O)N3CCC(F)(F)CC3)C2)cc1. The van der Waals surface area contributed by atoms with Crippen LogP contribution in [0.3, 0.4) is 0 Å². The average Bonchev–Trinajstić information content (AvgIpc) is 2.79. The van der Waals surface area contributed by atoms with Crippen molar-refractivity contribution in [3.05, 3.63) is 29.8 Å². The molecular formula is C22H31F2N3O4S. The lowest BCUT2D eigenvalue weighted by atomic mass is 9.96. The van der Waals surface area contributed by atoms with Gasteiger partial charge in [0.2, 0.25) is 15.9 Å². The zero-order valence-corrected chi connectivity index (χ0v) is 19.4. The summed E-state index contributed by atoms with van der Waals surface area (Å²) in [7, 11) is -3.83. The summed E-state index contributed by atoms with van der Waals surface area (Å²) in [6, 6.07) is 5.86. The van der Waals surface area contributed by atoms with Crippen LogP contribution in [0.1, 0.15) is 49.9 Å². The van der Waals surface area contributed by atoms with Crippen LogP contribution in [-0.4, -0.2) is 79.5 Å². The minimum Gasteiger partial charge on any atom is -0.342 e. The molecule has 0 aromatic heterocycles. The maximum absolute atomic E-state index is 13.4. The first-order valence-electron chi connectivity index (χ1n) is 11.1. The number of hydrogen-bond acceptors (Lipinski definition) is 4. The summed E-state index contributed by atoms with van der Waals surface area (Å²) in [6.07, 6.45) is 0.352. The Labute approximate surface area is 188 Å². The number of piperidine rings is 2. The summed E-state index contributed by atoms with van der Waals surface area (Å²) < 4.78 is 54.4. The molecule has 2 amide bonds. The van der Waals surface area contributed by atoms with Gasteiger partial charge in [0.25, 0.3) is 11.8 Å². The van der Waals surface area contributed by atoms with Crippen molar-refractivity contribution in [1.29, 1.82) is 0 Å². The van der Waals surface area contributed by atoms with Gasteiger partial charge in [-0.2, -0.15) is 4.31 Å². The third kappa shape index (κ3) is 5.28. The molecule has 3 rings (SSSR count). The Kier molecular flexibility index (Phi) is 7.54. The van der Waals surface area contributed by atoms with E-state index in [0.29, 0.717) is 38.0 Å². The second-order valence-corrected chi connectivity index (χ2v) is 10.3. The first kappa shape index (κ1) is 24.6. The Balaban J connectivity index is 1.69. The quantitative estimate of drug-likeness (QED) is 0.639. The summed E-state index contributed by atoms with van der Waals surface area (Å²) in [6.45, 7) is 5.21. The monoisotopic (exact) mass is 471 g/mol. The molecular weight excluding hydrogens is 440 g/mol. The van der Waals surface area contributed by atoms with E-state index < -0.39 is 21.9 Å². The number of sulfonamides is 1. The van der Waals surface area contributed by atoms with E-state index in [1.165, 1.54) is 33.5 Å². The van der Waals surface area contributed by atoms with E-state index in [4.69, 9.17) is 0 Å². The molecule has 0 aliphatic carbocycles. The van der Waals surface area contributed by atoms with Gasteiger partial charge in [0.1, 0.15) is 0 Å². The standard InChI is InChI=1S/C22H31F2N3O4S/c1-3-25(4-2)20(28)17-7-9-19(10-8-17)32(30,31)27-13-5-6-18(16-27)21(29)26-14-11-22(23,24)12-15-26/h7-10,18H,3-6,11-16H2,1-2H3/t18-/m1/s1. The molecule has 32 heavy (non-hydrogen) atoms. The van der Waals surface area contributed by atoms with Crippen molar-refractivity contribution in [2.75, 3.05) is 39.3 Å². The van der Waals surface area contributed by atoms with E-state index in [0.717, 1.165) is 0 Å². The van der Waals surface area contributed by atoms with E-state index in [1.54, 1.807) is 4.90 Å². The molecule has 0 radical (unpaired) electrons. The molecule has 0 N–H and O–H groups in total. The Morgan fingerprint density at radius 1 is 1.06 bits per heavy atom. The summed E-state index contributed by atoms with van der Waals surface area (Å²) in [5.74, 6) is -3.68. The van der Waals surface area contributed by atoms with Crippen LogP contribution in [0.4, 0.5) is 8.78 Å². The van der Waals surface area contributed by atoms with Crippen LogP contribution in [0.5, 0.6) is 0 Å². The first-order valence-corrected chi connectivity index (χ1v) is 12.6. The highest BCUT2D eigenvalue weighted by Crippen LogP contribution is 2.30. The van der Waals surface area contributed by atoms with E-state index in [2.05, 4.69) is 0 Å². The van der Waals surface area contributed by atoms with E-state index in [9.17, 15) is 26.8 Å². The summed E-state index contributed by atoms with van der Waals surface area (Å²) in [5, 5.41) is 0. The lowest BCUT2D eigenvalue weighted by Gasteiger charge is -2.37. The highest BCUT2D eigenvalue weighted by Gasteiger charge is 2.39. The maximum Gasteiger partial charge on any atom is 0.253 e. The van der Waals surface area contributed by atoms with Gasteiger partial charge in [-0.15, -0.1) is 0 Å². The van der Waals surface area contributed by atoms with Gasteiger partial charge < -0.3 is 9.80 Å². The molecule has 7 nitrogen and oxygen atoms in total. The predicted octanol–water partition coefficient (Wildman–Crippen LogP) is 2.83. The minimum atomic E-state index is -3.83. The molecule has 1 aromatic rings. The molecule has 2 saturated heterocycles. The number of nitrogens with zero attached hydrogens (tertiary/aromatic N) is 3. The Hall–Kier alpha value is -2.07. The average molecular weight is 472 g/mol. The van der Waals surface area contributed by atoms with Gasteiger partial charge >= 0.3 is 0 Å². The van der Waals surface area contributed by atoms with Crippen LogP contribution in [0, 0.1) is 5.92 Å². The zero-order chi connectivity index (χ0) is 23.5. The van der Waals surface area contributed by atoms with Gasteiger partial charge in [0, 0.05) is 57.7 Å². The lowest BCUT2D eigenvalue weighted by molar-refractivity contribution is -0.142. The third-order valence-corrected chi connectivity index (χ3v) is 8.21.